The van der Waals surface area contributed by atoms with Crippen LogP contribution in [0.25, 0.3) is 10.2 Å². The highest BCUT2D eigenvalue weighted by Gasteiger charge is 2.17. The Labute approximate surface area is 105 Å². The molecule has 17 heavy (non-hydrogen) atoms. The first-order valence-corrected chi connectivity index (χ1v) is 7.05. The first-order valence-electron chi connectivity index (χ1n) is 6.24. The summed E-state index contributed by atoms with van der Waals surface area (Å²) < 4.78 is 0. The molecule has 1 aliphatic carbocycles. The van der Waals surface area contributed by atoms with E-state index in [9.17, 15) is 0 Å². The Morgan fingerprint density at radius 1 is 1.24 bits per heavy atom. The molecule has 1 fully saturated rings. The minimum atomic E-state index is 0.604. The summed E-state index contributed by atoms with van der Waals surface area (Å²) in [5, 5.41) is 4.78. The third kappa shape index (κ3) is 2.14. The van der Waals surface area contributed by atoms with Crippen molar-refractivity contribution < 1.29 is 0 Å². The number of nitrogens with one attached hydrogen (secondary N) is 1. The van der Waals surface area contributed by atoms with Crippen LogP contribution in [0.1, 0.15) is 36.4 Å². The van der Waals surface area contributed by atoms with E-state index in [1.54, 1.807) is 11.3 Å². The zero-order chi connectivity index (χ0) is 11.8. The number of aromatic nitrogens is 2. The Hall–Kier alpha value is -1.16. The Balaban J connectivity index is 2.01. The standard InChI is InChI=1S/C13H17N3S/c1-8-7-11-12(16-10-5-3-4-6-10)14-9(2)15-13(11)17-8/h7,10H,3-6H2,1-2H3,(H,14,15,16). The van der Waals surface area contributed by atoms with Crippen molar-refractivity contribution in [2.75, 3.05) is 5.32 Å². The summed E-state index contributed by atoms with van der Waals surface area (Å²) >= 11 is 1.75. The van der Waals surface area contributed by atoms with Gasteiger partial charge in [0.2, 0.25) is 0 Å². The zero-order valence-corrected chi connectivity index (χ0v) is 11.1. The van der Waals surface area contributed by atoms with E-state index < -0.39 is 0 Å². The van der Waals surface area contributed by atoms with Crippen molar-refractivity contribution in [2.45, 2.75) is 45.6 Å². The smallest absolute Gasteiger partial charge is 0.138 e. The number of aryl methyl sites for hydroxylation is 2. The highest BCUT2D eigenvalue weighted by molar-refractivity contribution is 7.18. The van der Waals surface area contributed by atoms with Crippen molar-refractivity contribution in [1.29, 1.82) is 0 Å². The van der Waals surface area contributed by atoms with Crippen LogP contribution in [0.4, 0.5) is 5.82 Å². The van der Waals surface area contributed by atoms with Gasteiger partial charge in [-0.1, -0.05) is 12.8 Å². The number of hydrogen-bond donors (Lipinski definition) is 1. The van der Waals surface area contributed by atoms with E-state index in [0.717, 1.165) is 16.5 Å². The summed E-state index contributed by atoms with van der Waals surface area (Å²) in [5.74, 6) is 1.89. The largest absolute Gasteiger partial charge is 0.367 e. The van der Waals surface area contributed by atoms with Gasteiger partial charge in [0.05, 0.1) is 5.39 Å². The molecule has 0 aromatic carbocycles. The summed E-state index contributed by atoms with van der Waals surface area (Å²) in [5.41, 5.74) is 0. The van der Waals surface area contributed by atoms with Gasteiger partial charge in [0.15, 0.2) is 0 Å². The van der Waals surface area contributed by atoms with Crippen LogP contribution in [0.5, 0.6) is 0 Å². The fraction of sp³-hybridized carbons (Fsp3) is 0.538. The van der Waals surface area contributed by atoms with Crippen LogP contribution in [0.15, 0.2) is 6.07 Å². The number of rotatable bonds is 2. The van der Waals surface area contributed by atoms with Crippen LogP contribution in [-0.2, 0) is 0 Å². The predicted molar refractivity (Wildman–Crippen MR) is 72.8 cm³/mol. The number of nitrogens with zero attached hydrogens (tertiary/aromatic N) is 2. The van der Waals surface area contributed by atoms with Gasteiger partial charge < -0.3 is 5.32 Å². The molecule has 90 valence electrons. The van der Waals surface area contributed by atoms with Crippen LogP contribution >= 0.6 is 11.3 Å². The molecule has 0 saturated heterocycles. The second-order valence-corrected chi connectivity index (χ2v) is 6.06. The predicted octanol–water partition coefficient (Wildman–Crippen LogP) is 3.66. The van der Waals surface area contributed by atoms with Crippen molar-refractivity contribution in [3.05, 3.63) is 16.8 Å². The van der Waals surface area contributed by atoms with E-state index in [0.29, 0.717) is 6.04 Å². The fourth-order valence-electron chi connectivity index (χ4n) is 2.52. The summed E-state index contributed by atoms with van der Waals surface area (Å²) in [4.78, 5) is 11.5. The van der Waals surface area contributed by atoms with Crippen molar-refractivity contribution in [3.63, 3.8) is 0 Å². The maximum Gasteiger partial charge on any atom is 0.138 e. The summed E-state index contributed by atoms with van der Waals surface area (Å²) in [6, 6.07) is 2.80. The molecule has 0 amide bonds. The summed E-state index contributed by atoms with van der Waals surface area (Å²) in [6.07, 6.45) is 5.22. The molecule has 3 rings (SSSR count). The van der Waals surface area contributed by atoms with Gasteiger partial charge in [-0.3, -0.25) is 0 Å². The lowest BCUT2D eigenvalue weighted by Crippen LogP contribution is -2.16. The molecule has 1 N–H and O–H groups in total. The highest BCUT2D eigenvalue weighted by Crippen LogP contribution is 2.30. The molecule has 0 radical (unpaired) electrons. The van der Waals surface area contributed by atoms with Gasteiger partial charge >= 0.3 is 0 Å². The lowest BCUT2D eigenvalue weighted by molar-refractivity contribution is 0.750. The van der Waals surface area contributed by atoms with E-state index in [4.69, 9.17) is 0 Å². The zero-order valence-electron chi connectivity index (χ0n) is 10.3. The van der Waals surface area contributed by atoms with Crippen LogP contribution in [0, 0.1) is 13.8 Å². The van der Waals surface area contributed by atoms with Crippen molar-refractivity contribution >= 4 is 27.4 Å². The van der Waals surface area contributed by atoms with Gasteiger partial charge in [0.25, 0.3) is 0 Å². The quantitative estimate of drug-likeness (QED) is 0.880. The molecule has 0 aliphatic heterocycles. The fourth-order valence-corrected chi connectivity index (χ4v) is 3.45. The lowest BCUT2D eigenvalue weighted by atomic mass is 10.2. The Kier molecular flexibility index (Phi) is 2.74. The molecule has 0 spiro atoms. The molecule has 1 saturated carbocycles. The third-order valence-corrected chi connectivity index (χ3v) is 4.27. The first-order chi connectivity index (χ1) is 8.22. The summed E-state index contributed by atoms with van der Waals surface area (Å²) in [7, 11) is 0. The number of anilines is 1. The summed E-state index contributed by atoms with van der Waals surface area (Å²) in [6.45, 7) is 4.09. The molecule has 0 atom stereocenters. The van der Waals surface area contributed by atoms with Gasteiger partial charge in [0, 0.05) is 10.9 Å². The molecule has 0 unspecified atom stereocenters. The maximum atomic E-state index is 4.56. The van der Waals surface area contributed by atoms with E-state index >= 15 is 0 Å². The van der Waals surface area contributed by atoms with E-state index in [1.807, 2.05) is 6.92 Å². The molecule has 2 aromatic heterocycles. The normalized spacial score (nSPS) is 16.8. The molecule has 1 aliphatic rings. The molecule has 2 aromatic rings. The number of thiophene rings is 1. The Morgan fingerprint density at radius 2 is 2.00 bits per heavy atom. The second kappa shape index (κ2) is 4.26. The first kappa shape index (κ1) is 11.0. The Morgan fingerprint density at radius 3 is 2.76 bits per heavy atom. The van der Waals surface area contributed by atoms with Crippen molar-refractivity contribution in [1.82, 2.24) is 9.97 Å². The van der Waals surface area contributed by atoms with Gasteiger partial charge in [-0.05, 0) is 32.8 Å². The third-order valence-electron chi connectivity index (χ3n) is 3.32. The van der Waals surface area contributed by atoms with Gasteiger partial charge in [-0.15, -0.1) is 11.3 Å². The monoisotopic (exact) mass is 247 g/mol. The van der Waals surface area contributed by atoms with Crippen molar-refractivity contribution in [2.24, 2.45) is 0 Å². The minimum Gasteiger partial charge on any atom is -0.367 e. The highest BCUT2D eigenvalue weighted by atomic mass is 32.1. The molecular weight excluding hydrogens is 230 g/mol. The average molecular weight is 247 g/mol. The van der Waals surface area contributed by atoms with E-state index in [1.165, 1.54) is 35.9 Å². The van der Waals surface area contributed by atoms with Crippen LogP contribution in [-0.4, -0.2) is 16.0 Å². The molecule has 4 heteroatoms. The van der Waals surface area contributed by atoms with Crippen LogP contribution in [0.3, 0.4) is 0 Å². The van der Waals surface area contributed by atoms with Crippen molar-refractivity contribution in [3.8, 4) is 0 Å². The van der Waals surface area contributed by atoms with E-state index in [-0.39, 0.29) is 0 Å². The molecular formula is C13H17N3S. The van der Waals surface area contributed by atoms with Gasteiger partial charge in [0.1, 0.15) is 16.5 Å². The maximum absolute atomic E-state index is 4.56. The molecule has 2 heterocycles. The number of fused-ring (bicyclic) bond motifs is 1. The lowest BCUT2D eigenvalue weighted by Gasteiger charge is -2.13. The molecule has 0 bridgehead atoms. The van der Waals surface area contributed by atoms with Gasteiger partial charge in [-0.2, -0.15) is 0 Å². The van der Waals surface area contributed by atoms with Crippen LogP contribution in [0.2, 0.25) is 0 Å². The minimum absolute atomic E-state index is 0.604. The number of hydrogen-bond acceptors (Lipinski definition) is 4. The SMILES string of the molecule is Cc1nc(NC2CCCC2)c2cc(C)sc2n1. The molecule has 3 nitrogen and oxygen atoms in total. The topological polar surface area (TPSA) is 37.8 Å². The Bertz CT molecular complexity index is 541. The second-order valence-electron chi connectivity index (χ2n) is 4.82. The van der Waals surface area contributed by atoms with Crippen LogP contribution < -0.4 is 5.32 Å². The average Bonchev–Trinajstić information content (AvgIpc) is 2.86. The van der Waals surface area contributed by atoms with E-state index in [2.05, 4.69) is 28.3 Å². The van der Waals surface area contributed by atoms with Gasteiger partial charge in [-0.25, -0.2) is 9.97 Å².